The van der Waals surface area contributed by atoms with Gasteiger partial charge in [-0.25, -0.2) is 4.98 Å². The maximum atomic E-state index is 8.90. The second-order valence-electron chi connectivity index (χ2n) is 4.19. The van der Waals surface area contributed by atoms with Crippen LogP contribution < -0.4 is 4.90 Å². The largest absolute Gasteiger partial charge is 0.390 e. The van der Waals surface area contributed by atoms with Crippen molar-refractivity contribution in [3.05, 3.63) is 18.1 Å². The van der Waals surface area contributed by atoms with Crippen molar-refractivity contribution in [3.8, 4) is 0 Å². The molecule has 2 heterocycles. The van der Waals surface area contributed by atoms with Crippen LogP contribution in [0, 0.1) is 0 Å². The molecule has 2 unspecified atom stereocenters. The SMILES string of the molecule is CC1CN(c2cnc(CO)cn2)CC(C)S1. The lowest BCUT2D eigenvalue weighted by atomic mass is 10.3. The number of rotatable bonds is 2. The van der Waals surface area contributed by atoms with Crippen LogP contribution in [0.1, 0.15) is 19.5 Å². The molecular weight excluding hydrogens is 222 g/mol. The third-order valence-electron chi connectivity index (χ3n) is 2.60. The van der Waals surface area contributed by atoms with E-state index in [2.05, 4.69) is 28.7 Å². The minimum absolute atomic E-state index is 0.0457. The van der Waals surface area contributed by atoms with Gasteiger partial charge < -0.3 is 10.0 Å². The molecule has 0 aromatic carbocycles. The average molecular weight is 239 g/mol. The second-order valence-corrected chi connectivity index (χ2v) is 6.07. The molecule has 0 radical (unpaired) electrons. The molecule has 0 amide bonds. The number of aliphatic hydroxyl groups excluding tert-OH is 1. The third kappa shape index (κ3) is 2.65. The van der Waals surface area contributed by atoms with E-state index in [0.29, 0.717) is 16.2 Å². The van der Waals surface area contributed by atoms with Crippen LogP contribution in [0.4, 0.5) is 5.82 Å². The molecule has 16 heavy (non-hydrogen) atoms. The Labute approximate surface area is 100 Å². The van der Waals surface area contributed by atoms with Crippen LogP contribution in [-0.4, -0.2) is 38.7 Å². The molecule has 2 atom stereocenters. The van der Waals surface area contributed by atoms with Crippen LogP contribution in [0.2, 0.25) is 0 Å². The number of aliphatic hydroxyl groups is 1. The molecule has 5 heteroatoms. The van der Waals surface area contributed by atoms with E-state index < -0.39 is 0 Å². The minimum Gasteiger partial charge on any atom is -0.390 e. The monoisotopic (exact) mass is 239 g/mol. The van der Waals surface area contributed by atoms with E-state index in [1.165, 1.54) is 0 Å². The summed E-state index contributed by atoms with van der Waals surface area (Å²) in [7, 11) is 0. The lowest BCUT2D eigenvalue weighted by molar-refractivity contribution is 0.276. The van der Waals surface area contributed by atoms with Gasteiger partial charge >= 0.3 is 0 Å². The summed E-state index contributed by atoms with van der Waals surface area (Å²) in [5.41, 5.74) is 0.622. The van der Waals surface area contributed by atoms with E-state index in [-0.39, 0.29) is 6.61 Å². The summed E-state index contributed by atoms with van der Waals surface area (Å²) in [4.78, 5) is 10.8. The molecule has 1 aromatic heterocycles. The van der Waals surface area contributed by atoms with Crippen molar-refractivity contribution in [2.24, 2.45) is 0 Å². The van der Waals surface area contributed by atoms with Crippen molar-refractivity contribution in [2.45, 2.75) is 31.0 Å². The van der Waals surface area contributed by atoms with Gasteiger partial charge in [-0.05, 0) is 0 Å². The van der Waals surface area contributed by atoms with Crippen LogP contribution in [0.25, 0.3) is 0 Å². The van der Waals surface area contributed by atoms with Crippen molar-refractivity contribution < 1.29 is 5.11 Å². The highest BCUT2D eigenvalue weighted by atomic mass is 32.2. The van der Waals surface area contributed by atoms with Crippen molar-refractivity contribution in [1.82, 2.24) is 9.97 Å². The highest BCUT2D eigenvalue weighted by Crippen LogP contribution is 2.27. The third-order valence-corrected chi connectivity index (χ3v) is 3.82. The predicted molar refractivity (Wildman–Crippen MR) is 66.7 cm³/mol. The van der Waals surface area contributed by atoms with Gasteiger partial charge in [0.25, 0.3) is 0 Å². The first kappa shape index (κ1) is 11.7. The zero-order chi connectivity index (χ0) is 11.5. The normalized spacial score (nSPS) is 25.8. The Morgan fingerprint density at radius 2 is 2.00 bits per heavy atom. The van der Waals surface area contributed by atoms with E-state index in [1.807, 2.05) is 11.8 Å². The topological polar surface area (TPSA) is 49.2 Å². The summed E-state index contributed by atoms with van der Waals surface area (Å²) in [6.45, 7) is 6.46. The molecule has 1 aromatic rings. The summed E-state index contributed by atoms with van der Waals surface area (Å²) in [5, 5.41) is 10.2. The van der Waals surface area contributed by atoms with Gasteiger partial charge in [-0.2, -0.15) is 11.8 Å². The molecule has 0 saturated carbocycles. The number of aromatic nitrogens is 2. The number of thioether (sulfide) groups is 1. The Morgan fingerprint density at radius 1 is 1.31 bits per heavy atom. The molecule has 0 spiro atoms. The first-order valence-electron chi connectivity index (χ1n) is 5.51. The second kappa shape index (κ2) is 5.01. The molecule has 4 nitrogen and oxygen atoms in total. The molecule has 2 rings (SSSR count). The Morgan fingerprint density at radius 3 is 2.50 bits per heavy atom. The van der Waals surface area contributed by atoms with E-state index in [0.717, 1.165) is 18.9 Å². The molecule has 1 N–H and O–H groups in total. The smallest absolute Gasteiger partial charge is 0.147 e. The summed E-state index contributed by atoms with van der Waals surface area (Å²) >= 11 is 2.02. The summed E-state index contributed by atoms with van der Waals surface area (Å²) in [6.07, 6.45) is 3.40. The van der Waals surface area contributed by atoms with Crippen LogP contribution in [0.15, 0.2) is 12.4 Å². The number of hydrogen-bond acceptors (Lipinski definition) is 5. The van der Waals surface area contributed by atoms with Crippen LogP contribution in [0.5, 0.6) is 0 Å². The van der Waals surface area contributed by atoms with Crippen LogP contribution >= 0.6 is 11.8 Å². The Balaban J connectivity index is 2.10. The maximum absolute atomic E-state index is 8.90. The molecule has 1 aliphatic heterocycles. The zero-order valence-corrected chi connectivity index (χ0v) is 10.4. The van der Waals surface area contributed by atoms with Gasteiger partial charge in [-0.3, -0.25) is 4.98 Å². The van der Waals surface area contributed by atoms with Gasteiger partial charge in [0.2, 0.25) is 0 Å². The molecule has 0 aliphatic carbocycles. The minimum atomic E-state index is -0.0457. The van der Waals surface area contributed by atoms with Gasteiger partial charge in [0.05, 0.1) is 24.7 Å². The number of nitrogens with zero attached hydrogens (tertiary/aromatic N) is 3. The predicted octanol–water partition coefficient (Wildman–Crippen LogP) is 1.30. The van der Waals surface area contributed by atoms with Crippen LogP contribution in [-0.2, 0) is 6.61 Å². The lowest BCUT2D eigenvalue weighted by Crippen LogP contribution is -2.40. The Hall–Kier alpha value is -0.810. The standard InChI is InChI=1S/C11H17N3OS/c1-8-5-14(6-9(2)16-8)11-4-12-10(7-15)3-13-11/h3-4,8-9,15H,5-7H2,1-2H3. The van der Waals surface area contributed by atoms with E-state index >= 15 is 0 Å². The Bertz CT molecular complexity index is 334. The highest BCUT2D eigenvalue weighted by Gasteiger charge is 2.23. The fourth-order valence-electron chi connectivity index (χ4n) is 1.96. The van der Waals surface area contributed by atoms with Gasteiger partial charge in [-0.1, -0.05) is 13.8 Å². The summed E-state index contributed by atoms with van der Waals surface area (Å²) in [5.74, 6) is 0.913. The molecule has 0 bridgehead atoms. The fraction of sp³-hybridized carbons (Fsp3) is 0.636. The van der Waals surface area contributed by atoms with Gasteiger partial charge in [-0.15, -0.1) is 0 Å². The van der Waals surface area contributed by atoms with E-state index in [9.17, 15) is 0 Å². The first-order chi connectivity index (χ1) is 7.69. The zero-order valence-electron chi connectivity index (χ0n) is 9.63. The molecule has 1 aliphatic rings. The van der Waals surface area contributed by atoms with Crippen LogP contribution in [0.3, 0.4) is 0 Å². The lowest BCUT2D eigenvalue weighted by Gasteiger charge is -2.35. The molecule has 1 fully saturated rings. The number of anilines is 1. The van der Waals surface area contributed by atoms with Gasteiger partial charge in [0, 0.05) is 23.6 Å². The Kier molecular flexibility index (Phi) is 3.66. The summed E-state index contributed by atoms with van der Waals surface area (Å²) in [6, 6.07) is 0. The van der Waals surface area contributed by atoms with Crippen molar-refractivity contribution >= 4 is 17.6 Å². The van der Waals surface area contributed by atoms with Gasteiger partial charge in [0.15, 0.2) is 0 Å². The van der Waals surface area contributed by atoms with Gasteiger partial charge in [0.1, 0.15) is 5.82 Å². The van der Waals surface area contributed by atoms with Crippen molar-refractivity contribution in [2.75, 3.05) is 18.0 Å². The van der Waals surface area contributed by atoms with E-state index in [1.54, 1.807) is 12.4 Å². The maximum Gasteiger partial charge on any atom is 0.147 e. The molecular formula is C11H17N3OS. The van der Waals surface area contributed by atoms with Crippen molar-refractivity contribution in [1.29, 1.82) is 0 Å². The average Bonchev–Trinajstić information content (AvgIpc) is 2.28. The van der Waals surface area contributed by atoms with Crippen molar-refractivity contribution in [3.63, 3.8) is 0 Å². The summed E-state index contributed by atoms with van der Waals surface area (Å²) < 4.78 is 0. The number of hydrogen-bond donors (Lipinski definition) is 1. The van der Waals surface area contributed by atoms with E-state index in [4.69, 9.17) is 5.11 Å². The highest BCUT2D eigenvalue weighted by molar-refractivity contribution is 8.00. The fourth-order valence-corrected chi connectivity index (χ4v) is 3.28. The first-order valence-corrected chi connectivity index (χ1v) is 6.45. The molecule has 1 saturated heterocycles. The molecule has 88 valence electrons. The quantitative estimate of drug-likeness (QED) is 0.843.